The smallest absolute Gasteiger partial charge is 0.223 e. The Kier molecular flexibility index (Phi) is 2.67. The fourth-order valence-electron chi connectivity index (χ4n) is 0.745. The van der Waals surface area contributed by atoms with Crippen molar-refractivity contribution in [2.24, 2.45) is 0 Å². The van der Waals surface area contributed by atoms with Crippen molar-refractivity contribution in [2.75, 3.05) is 17.7 Å². The third-order valence-corrected chi connectivity index (χ3v) is 1.52. The molecular weight excluding hydrogens is 168 g/mol. The summed E-state index contributed by atoms with van der Waals surface area (Å²) in [6.45, 7) is 3.72. The molecule has 0 aliphatic carbocycles. The number of hydrogen-bond donors (Lipinski definition) is 3. The van der Waals surface area contributed by atoms with Gasteiger partial charge in [0.2, 0.25) is 5.95 Å². The van der Waals surface area contributed by atoms with Gasteiger partial charge < -0.3 is 16.2 Å². The summed E-state index contributed by atoms with van der Waals surface area (Å²) >= 11 is 0. The highest BCUT2D eigenvalue weighted by Gasteiger charge is 2.16. The molecule has 0 amide bonds. The number of aliphatic hydroxyl groups excluding tert-OH is 1. The van der Waals surface area contributed by atoms with E-state index in [0.717, 1.165) is 0 Å². The van der Waals surface area contributed by atoms with Crippen LogP contribution < -0.4 is 11.1 Å². The van der Waals surface area contributed by atoms with Gasteiger partial charge in [-0.3, -0.25) is 0 Å². The van der Waals surface area contributed by atoms with Gasteiger partial charge in [0.15, 0.2) is 0 Å². The number of hydrogen-bond acceptors (Lipinski definition) is 5. The molecule has 4 N–H and O–H groups in total. The molecule has 1 aromatic rings. The van der Waals surface area contributed by atoms with Gasteiger partial charge >= 0.3 is 0 Å². The van der Waals surface area contributed by atoms with E-state index >= 15 is 0 Å². The lowest BCUT2D eigenvalue weighted by atomic mass is 10.1. The molecule has 1 heterocycles. The molecule has 0 fully saturated rings. The van der Waals surface area contributed by atoms with E-state index in [2.05, 4.69) is 15.3 Å². The van der Waals surface area contributed by atoms with Gasteiger partial charge in [0.05, 0.1) is 30.2 Å². The quantitative estimate of drug-likeness (QED) is 0.623. The van der Waals surface area contributed by atoms with Crippen LogP contribution in [-0.4, -0.2) is 27.2 Å². The van der Waals surface area contributed by atoms with E-state index in [0.29, 0.717) is 11.6 Å². The zero-order valence-corrected chi connectivity index (χ0v) is 7.78. The largest absolute Gasteiger partial charge is 0.396 e. The first-order valence-electron chi connectivity index (χ1n) is 4.00. The van der Waals surface area contributed by atoms with Crippen LogP contribution in [0.2, 0.25) is 0 Å². The third-order valence-electron chi connectivity index (χ3n) is 1.52. The maximum atomic E-state index is 8.97. The molecule has 5 nitrogen and oxygen atoms in total. The van der Waals surface area contributed by atoms with Crippen molar-refractivity contribution in [2.45, 2.75) is 19.4 Å². The van der Waals surface area contributed by atoms with Crippen LogP contribution in [0.15, 0.2) is 12.4 Å². The van der Waals surface area contributed by atoms with Gasteiger partial charge in [0, 0.05) is 0 Å². The second-order valence-corrected chi connectivity index (χ2v) is 3.51. The van der Waals surface area contributed by atoms with Crippen molar-refractivity contribution < 1.29 is 5.11 Å². The molecule has 1 rings (SSSR count). The van der Waals surface area contributed by atoms with Crippen molar-refractivity contribution in [3.05, 3.63) is 12.4 Å². The van der Waals surface area contributed by atoms with Crippen LogP contribution in [0.3, 0.4) is 0 Å². The zero-order valence-electron chi connectivity index (χ0n) is 7.78. The monoisotopic (exact) mass is 182 g/mol. The van der Waals surface area contributed by atoms with Gasteiger partial charge in [-0.2, -0.15) is 0 Å². The predicted molar refractivity (Wildman–Crippen MR) is 51.2 cm³/mol. The van der Waals surface area contributed by atoms with Crippen molar-refractivity contribution in [1.29, 1.82) is 0 Å². The molecular formula is C8H14N4O. The topological polar surface area (TPSA) is 84.1 Å². The molecule has 0 saturated heterocycles. The van der Waals surface area contributed by atoms with Crippen LogP contribution in [0, 0.1) is 0 Å². The molecule has 5 heteroatoms. The summed E-state index contributed by atoms with van der Waals surface area (Å²) in [6.07, 6.45) is 3.03. The Balaban J connectivity index is 2.69. The van der Waals surface area contributed by atoms with Crippen molar-refractivity contribution in [1.82, 2.24) is 9.97 Å². The molecule has 0 spiro atoms. The Morgan fingerprint density at radius 1 is 1.46 bits per heavy atom. The van der Waals surface area contributed by atoms with E-state index < -0.39 is 5.54 Å². The predicted octanol–water partition coefficient (Wildman–Crippen LogP) is 0.242. The fraction of sp³-hybridized carbons (Fsp3) is 0.500. The van der Waals surface area contributed by atoms with Crippen LogP contribution in [0.1, 0.15) is 13.8 Å². The van der Waals surface area contributed by atoms with E-state index in [9.17, 15) is 0 Å². The van der Waals surface area contributed by atoms with Gasteiger partial charge in [-0.25, -0.2) is 9.97 Å². The summed E-state index contributed by atoms with van der Waals surface area (Å²) in [6, 6.07) is 0. The van der Waals surface area contributed by atoms with Crippen molar-refractivity contribution in [3.8, 4) is 0 Å². The molecule has 0 saturated carbocycles. The number of nitrogen functional groups attached to an aromatic ring is 1. The maximum absolute atomic E-state index is 8.97. The molecule has 0 radical (unpaired) electrons. The SMILES string of the molecule is CC(C)(CO)Nc1ncc(N)cn1. The Bertz CT molecular complexity index is 270. The summed E-state index contributed by atoms with van der Waals surface area (Å²) in [7, 11) is 0. The van der Waals surface area contributed by atoms with Crippen LogP contribution in [0.4, 0.5) is 11.6 Å². The minimum absolute atomic E-state index is 0.0146. The Labute approximate surface area is 77.0 Å². The standard InChI is InChI=1S/C8H14N4O/c1-8(2,5-13)12-7-10-3-6(9)4-11-7/h3-4,13H,5,9H2,1-2H3,(H,10,11,12). The van der Waals surface area contributed by atoms with E-state index in [1.807, 2.05) is 13.8 Å². The highest BCUT2D eigenvalue weighted by molar-refractivity contribution is 5.37. The first-order chi connectivity index (χ1) is 6.03. The van der Waals surface area contributed by atoms with Gasteiger partial charge in [0.25, 0.3) is 0 Å². The first-order valence-corrected chi connectivity index (χ1v) is 4.00. The van der Waals surface area contributed by atoms with Gasteiger partial charge in [0.1, 0.15) is 0 Å². The first kappa shape index (κ1) is 9.73. The number of aliphatic hydroxyl groups is 1. The second kappa shape index (κ2) is 3.57. The number of nitrogens with zero attached hydrogens (tertiary/aromatic N) is 2. The summed E-state index contributed by atoms with van der Waals surface area (Å²) in [5, 5.41) is 11.9. The lowest BCUT2D eigenvalue weighted by molar-refractivity contribution is 0.233. The average molecular weight is 182 g/mol. The number of anilines is 2. The van der Waals surface area contributed by atoms with Crippen molar-refractivity contribution in [3.63, 3.8) is 0 Å². The number of rotatable bonds is 3. The minimum Gasteiger partial charge on any atom is -0.396 e. The molecule has 0 bridgehead atoms. The summed E-state index contributed by atoms with van der Waals surface area (Å²) in [5.41, 5.74) is 5.52. The second-order valence-electron chi connectivity index (χ2n) is 3.51. The maximum Gasteiger partial charge on any atom is 0.223 e. The van der Waals surface area contributed by atoms with Gasteiger partial charge in [-0.15, -0.1) is 0 Å². The highest BCUT2D eigenvalue weighted by Crippen LogP contribution is 2.09. The number of nitrogens with two attached hydrogens (primary N) is 1. The number of aromatic nitrogens is 2. The molecule has 0 aliphatic heterocycles. The molecule has 13 heavy (non-hydrogen) atoms. The molecule has 0 atom stereocenters. The third kappa shape index (κ3) is 2.87. The normalized spacial score (nSPS) is 11.3. The fourth-order valence-corrected chi connectivity index (χ4v) is 0.745. The van der Waals surface area contributed by atoms with Crippen LogP contribution in [0.5, 0.6) is 0 Å². The van der Waals surface area contributed by atoms with E-state index in [1.54, 1.807) is 0 Å². The highest BCUT2D eigenvalue weighted by atomic mass is 16.3. The minimum atomic E-state index is -0.421. The number of nitrogens with one attached hydrogen (secondary N) is 1. The lowest BCUT2D eigenvalue weighted by Crippen LogP contribution is -2.35. The zero-order chi connectivity index (χ0) is 9.90. The molecule has 0 aliphatic rings. The summed E-state index contributed by atoms with van der Waals surface area (Å²) in [4.78, 5) is 7.91. The van der Waals surface area contributed by atoms with Gasteiger partial charge in [-0.1, -0.05) is 0 Å². The van der Waals surface area contributed by atoms with E-state index in [4.69, 9.17) is 10.8 Å². The Morgan fingerprint density at radius 2 is 2.00 bits per heavy atom. The average Bonchev–Trinajstić information content (AvgIpc) is 2.09. The molecule has 0 aromatic carbocycles. The summed E-state index contributed by atoms with van der Waals surface area (Å²) < 4.78 is 0. The lowest BCUT2D eigenvalue weighted by Gasteiger charge is -2.23. The van der Waals surface area contributed by atoms with Crippen molar-refractivity contribution >= 4 is 11.6 Å². The van der Waals surface area contributed by atoms with E-state index in [1.165, 1.54) is 12.4 Å². The van der Waals surface area contributed by atoms with Gasteiger partial charge in [-0.05, 0) is 13.8 Å². The Hall–Kier alpha value is -1.36. The molecule has 1 aromatic heterocycles. The van der Waals surface area contributed by atoms with Crippen LogP contribution in [-0.2, 0) is 0 Å². The van der Waals surface area contributed by atoms with Crippen LogP contribution >= 0.6 is 0 Å². The summed E-state index contributed by atoms with van der Waals surface area (Å²) in [5.74, 6) is 0.466. The van der Waals surface area contributed by atoms with E-state index in [-0.39, 0.29) is 6.61 Å². The Morgan fingerprint density at radius 3 is 2.46 bits per heavy atom. The molecule has 0 unspecified atom stereocenters. The molecule has 72 valence electrons. The van der Waals surface area contributed by atoms with Crippen LogP contribution in [0.25, 0.3) is 0 Å².